The van der Waals surface area contributed by atoms with Crippen molar-refractivity contribution in [2.24, 2.45) is 4.99 Å². The lowest BCUT2D eigenvalue weighted by molar-refractivity contribution is 0.992. The first kappa shape index (κ1) is 10.8. The standard InChI is InChI=1S/C8H7Cl3N2/c9-8(10,11)6-12-5-7-3-1-2-4-13-7/h1-4,6H,5H2. The highest BCUT2D eigenvalue weighted by Gasteiger charge is 2.14. The molecule has 0 aliphatic heterocycles. The zero-order chi connectivity index (χ0) is 9.73. The van der Waals surface area contributed by atoms with Crippen LogP contribution in [0.5, 0.6) is 0 Å². The number of aromatic nitrogens is 1. The average Bonchev–Trinajstić information content (AvgIpc) is 2.04. The van der Waals surface area contributed by atoms with Crippen molar-refractivity contribution >= 4 is 41.0 Å². The Hall–Kier alpha value is -0.310. The van der Waals surface area contributed by atoms with Crippen molar-refractivity contribution in [2.45, 2.75) is 10.3 Å². The summed E-state index contributed by atoms with van der Waals surface area (Å²) in [5.74, 6) is 0. The molecule has 0 saturated heterocycles. The van der Waals surface area contributed by atoms with Gasteiger partial charge in [-0.3, -0.25) is 9.98 Å². The molecule has 1 aromatic heterocycles. The van der Waals surface area contributed by atoms with Crippen molar-refractivity contribution in [1.29, 1.82) is 0 Å². The summed E-state index contributed by atoms with van der Waals surface area (Å²) < 4.78 is -1.42. The molecule has 13 heavy (non-hydrogen) atoms. The molecule has 70 valence electrons. The molecule has 2 nitrogen and oxygen atoms in total. The van der Waals surface area contributed by atoms with E-state index in [-0.39, 0.29) is 0 Å². The summed E-state index contributed by atoms with van der Waals surface area (Å²) in [6.45, 7) is 0.425. The Morgan fingerprint density at radius 3 is 2.69 bits per heavy atom. The molecule has 0 atom stereocenters. The molecule has 1 rings (SSSR count). The first-order valence-electron chi connectivity index (χ1n) is 3.55. The Balaban J connectivity index is 2.49. The highest BCUT2D eigenvalue weighted by Crippen LogP contribution is 2.22. The normalized spacial score (nSPS) is 12.2. The first-order valence-corrected chi connectivity index (χ1v) is 4.69. The number of hydrogen-bond acceptors (Lipinski definition) is 2. The molecule has 0 N–H and O–H groups in total. The van der Waals surface area contributed by atoms with E-state index in [0.29, 0.717) is 6.54 Å². The third-order valence-electron chi connectivity index (χ3n) is 1.22. The second-order valence-electron chi connectivity index (χ2n) is 2.33. The second-order valence-corrected chi connectivity index (χ2v) is 4.70. The van der Waals surface area contributed by atoms with Crippen LogP contribution in [0.2, 0.25) is 0 Å². The Bertz CT molecular complexity index is 279. The summed E-state index contributed by atoms with van der Waals surface area (Å²) in [6.07, 6.45) is 2.96. The van der Waals surface area contributed by atoms with Crippen molar-refractivity contribution in [3.05, 3.63) is 30.1 Å². The Kier molecular flexibility index (Phi) is 3.97. The van der Waals surface area contributed by atoms with Gasteiger partial charge in [-0.15, -0.1) is 0 Å². The molecule has 0 saturated carbocycles. The molecule has 0 amide bonds. The van der Waals surface area contributed by atoms with Gasteiger partial charge in [0.15, 0.2) is 0 Å². The highest BCUT2D eigenvalue weighted by atomic mass is 35.6. The van der Waals surface area contributed by atoms with Gasteiger partial charge in [0.05, 0.1) is 18.5 Å². The van der Waals surface area contributed by atoms with Gasteiger partial charge in [-0.2, -0.15) is 0 Å². The van der Waals surface area contributed by atoms with E-state index in [4.69, 9.17) is 34.8 Å². The van der Waals surface area contributed by atoms with Crippen LogP contribution >= 0.6 is 34.8 Å². The van der Waals surface area contributed by atoms with Crippen molar-refractivity contribution < 1.29 is 0 Å². The summed E-state index contributed by atoms with van der Waals surface area (Å²) in [5.41, 5.74) is 0.841. The molecular weight excluding hydrogens is 230 g/mol. The molecule has 5 heteroatoms. The Labute approximate surface area is 91.6 Å². The van der Waals surface area contributed by atoms with Crippen molar-refractivity contribution in [3.8, 4) is 0 Å². The lowest BCUT2D eigenvalue weighted by Gasteiger charge is -2.01. The van der Waals surface area contributed by atoms with E-state index >= 15 is 0 Å². The zero-order valence-electron chi connectivity index (χ0n) is 6.62. The smallest absolute Gasteiger partial charge is 0.225 e. The highest BCUT2D eigenvalue weighted by molar-refractivity contribution is 6.74. The van der Waals surface area contributed by atoms with Gasteiger partial charge in [-0.25, -0.2) is 0 Å². The Morgan fingerprint density at radius 1 is 1.38 bits per heavy atom. The van der Waals surface area contributed by atoms with Crippen LogP contribution in [0.1, 0.15) is 5.69 Å². The third kappa shape index (κ3) is 5.09. The molecule has 0 aromatic carbocycles. The fourth-order valence-corrected chi connectivity index (χ4v) is 0.941. The maximum Gasteiger partial charge on any atom is 0.225 e. The van der Waals surface area contributed by atoms with Gasteiger partial charge in [0.1, 0.15) is 0 Å². The number of alkyl halides is 3. The van der Waals surface area contributed by atoms with Gasteiger partial charge >= 0.3 is 0 Å². The van der Waals surface area contributed by atoms with Crippen molar-refractivity contribution in [3.63, 3.8) is 0 Å². The monoisotopic (exact) mass is 236 g/mol. The van der Waals surface area contributed by atoms with E-state index in [9.17, 15) is 0 Å². The van der Waals surface area contributed by atoms with E-state index in [1.54, 1.807) is 6.20 Å². The lowest BCUT2D eigenvalue weighted by Crippen LogP contribution is -2.03. The molecule has 0 spiro atoms. The minimum Gasteiger partial charge on any atom is -0.287 e. The van der Waals surface area contributed by atoms with E-state index in [1.165, 1.54) is 6.21 Å². The topological polar surface area (TPSA) is 25.2 Å². The fraction of sp³-hybridized carbons (Fsp3) is 0.250. The van der Waals surface area contributed by atoms with Crippen LogP contribution in [0.25, 0.3) is 0 Å². The van der Waals surface area contributed by atoms with Gasteiger partial charge in [-0.1, -0.05) is 40.9 Å². The lowest BCUT2D eigenvalue weighted by atomic mass is 10.3. The largest absolute Gasteiger partial charge is 0.287 e. The fourth-order valence-electron chi connectivity index (χ4n) is 0.734. The number of rotatable bonds is 2. The van der Waals surface area contributed by atoms with Gasteiger partial charge in [0.2, 0.25) is 3.79 Å². The summed E-state index contributed by atoms with van der Waals surface area (Å²) in [4.78, 5) is 7.98. The summed E-state index contributed by atoms with van der Waals surface area (Å²) in [5, 5.41) is 0. The van der Waals surface area contributed by atoms with E-state index in [0.717, 1.165) is 5.69 Å². The van der Waals surface area contributed by atoms with E-state index < -0.39 is 3.79 Å². The van der Waals surface area contributed by atoms with Crippen LogP contribution in [0.15, 0.2) is 29.4 Å². The van der Waals surface area contributed by atoms with Gasteiger partial charge in [-0.05, 0) is 12.1 Å². The minimum atomic E-state index is -1.42. The predicted molar refractivity (Wildman–Crippen MR) is 56.7 cm³/mol. The number of pyridine rings is 1. The van der Waals surface area contributed by atoms with Crippen molar-refractivity contribution in [2.75, 3.05) is 0 Å². The summed E-state index contributed by atoms with van der Waals surface area (Å²) >= 11 is 16.4. The van der Waals surface area contributed by atoms with Crippen LogP contribution in [0, 0.1) is 0 Å². The summed E-state index contributed by atoms with van der Waals surface area (Å²) in [6, 6.07) is 5.57. The molecule has 0 bridgehead atoms. The van der Waals surface area contributed by atoms with Gasteiger partial charge in [0, 0.05) is 6.20 Å². The third-order valence-corrected chi connectivity index (χ3v) is 1.51. The zero-order valence-corrected chi connectivity index (χ0v) is 8.89. The molecule has 0 radical (unpaired) electrons. The van der Waals surface area contributed by atoms with Crippen LogP contribution in [-0.2, 0) is 6.54 Å². The molecule has 1 aromatic rings. The average molecular weight is 238 g/mol. The molecule has 0 unspecified atom stereocenters. The minimum absolute atomic E-state index is 0.425. The van der Waals surface area contributed by atoms with Crippen LogP contribution < -0.4 is 0 Å². The van der Waals surface area contributed by atoms with E-state index in [1.807, 2.05) is 18.2 Å². The Morgan fingerprint density at radius 2 is 2.15 bits per heavy atom. The first-order chi connectivity index (χ1) is 6.08. The molecule has 0 fully saturated rings. The molecule has 0 aliphatic carbocycles. The molecular formula is C8H7Cl3N2. The predicted octanol–water partition coefficient (Wildman–Crippen LogP) is 3.02. The maximum atomic E-state index is 5.46. The van der Waals surface area contributed by atoms with Crippen LogP contribution in [0.4, 0.5) is 0 Å². The quantitative estimate of drug-likeness (QED) is 0.573. The van der Waals surface area contributed by atoms with Gasteiger partial charge < -0.3 is 0 Å². The number of halogens is 3. The van der Waals surface area contributed by atoms with E-state index in [2.05, 4.69) is 9.98 Å². The van der Waals surface area contributed by atoms with Crippen LogP contribution in [-0.4, -0.2) is 15.0 Å². The number of aliphatic imine (C=N–C) groups is 1. The number of hydrogen-bond donors (Lipinski definition) is 0. The second kappa shape index (κ2) is 4.80. The maximum absolute atomic E-state index is 5.46. The van der Waals surface area contributed by atoms with Crippen LogP contribution in [0.3, 0.4) is 0 Å². The number of nitrogens with zero attached hydrogens (tertiary/aromatic N) is 2. The summed E-state index contributed by atoms with van der Waals surface area (Å²) in [7, 11) is 0. The SMILES string of the molecule is ClC(Cl)(Cl)C=NCc1ccccn1. The van der Waals surface area contributed by atoms with Crippen molar-refractivity contribution in [1.82, 2.24) is 4.98 Å². The molecule has 1 heterocycles. The van der Waals surface area contributed by atoms with Gasteiger partial charge in [0.25, 0.3) is 0 Å². The molecule has 0 aliphatic rings.